The zero-order valence-corrected chi connectivity index (χ0v) is 13.1. The average molecular weight is 349 g/mol. The third-order valence-electron chi connectivity index (χ3n) is 2.84. The number of carbonyl (C=O) groups is 1. The van der Waals surface area contributed by atoms with Crippen LogP contribution >= 0.6 is 11.3 Å². The second-order valence-corrected chi connectivity index (χ2v) is 5.49. The number of amides is 1. The molecule has 124 valence electrons. The number of benzene rings is 1. The van der Waals surface area contributed by atoms with E-state index >= 15 is 0 Å². The van der Waals surface area contributed by atoms with Crippen LogP contribution in [0.1, 0.15) is 4.88 Å². The molecule has 10 heteroatoms. The van der Waals surface area contributed by atoms with Crippen LogP contribution in [-0.4, -0.2) is 22.9 Å². The summed E-state index contributed by atoms with van der Waals surface area (Å²) in [5.74, 6) is -0.279. The Bertz CT molecular complexity index is 830. The first-order valence-electron chi connectivity index (χ1n) is 6.46. The molecule has 1 aromatic heterocycles. The van der Waals surface area contributed by atoms with Crippen molar-refractivity contribution in [3.8, 4) is 5.75 Å². The Morgan fingerprint density at radius 1 is 1.21 bits per heavy atom. The standard InChI is InChI=1S/C14H11N3O6S/c1-23-12-5-2-9(16(19)20)8-11(12)15-13(18)6-3-10-4-7-14(24-10)17(21)22/h2-8H,1H3,(H,15,18). The fraction of sp³-hybridized carbons (Fsp3) is 0.0714. The minimum absolute atomic E-state index is 0.0320. The summed E-state index contributed by atoms with van der Waals surface area (Å²) in [6.45, 7) is 0. The Labute approximate surface area is 139 Å². The summed E-state index contributed by atoms with van der Waals surface area (Å²) in [7, 11) is 1.37. The lowest BCUT2D eigenvalue weighted by Crippen LogP contribution is -2.09. The molecule has 0 unspecified atom stereocenters. The molecule has 0 saturated carbocycles. The van der Waals surface area contributed by atoms with E-state index in [-0.39, 0.29) is 22.1 Å². The Morgan fingerprint density at radius 3 is 2.54 bits per heavy atom. The van der Waals surface area contributed by atoms with Gasteiger partial charge in [0, 0.05) is 29.2 Å². The lowest BCUT2D eigenvalue weighted by atomic mass is 10.2. The van der Waals surface area contributed by atoms with E-state index < -0.39 is 15.8 Å². The minimum Gasteiger partial charge on any atom is -0.495 e. The van der Waals surface area contributed by atoms with Crippen LogP contribution in [0.3, 0.4) is 0 Å². The van der Waals surface area contributed by atoms with Crippen LogP contribution in [-0.2, 0) is 4.79 Å². The lowest BCUT2D eigenvalue weighted by molar-refractivity contribution is -0.384. The van der Waals surface area contributed by atoms with Gasteiger partial charge in [-0.15, -0.1) is 0 Å². The number of nitro groups is 2. The van der Waals surface area contributed by atoms with Crippen molar-refractivity contribution in [2.45, 2.75) is 0 Å². The number of ether oxygens (including phenoxy) is 1. The first-order chi connectivity index (χ1) is 11.4. The van der Waals surface area contributed by atoms with Crippen LogP contribution in [0.2, 0.25) is 0 Å². The monoisotopic (exact) mass is 349 g/mol. The predicted molar refractivity (Wildman–Crippen MR) is 88.3 cm³/mol. The van der Waals surface area contributed by atoms with Gasteiger partial charge < -0.3 is 10.1 Å². The van der Waals surface area contributed by atoms with E-state index in [0.29, 0.717) is 4.88 Å². The topological polar surface area (TPSA) is 125 Å². The largest absolute Gasteiger partial charge is 0.495 e. The van der Waals surface area contributed by atoms with Gasteiger partial charge in [-0.25, -0.2) is 0 Å². The summed E-state index contributed by atoms with van der Waals surface area (Å²) in [5, 5.41) is 23.8. The van der Waals surface area contributed by atoms with E-state index in [2.05, 4.69) is 5.32 Å². The summed E-state index contributed by atoms with van der Waals surface area (Å²) in [6.07, 6.45) is 2.59. The van der Waals surface area contributed by atoms with Crippen molar-refractivity contribution in [2.75, 3.05) is 12.4 Å². The van der Waals surface area contributed by atoms with Crippen molar-refractivity contribution < 1.29 is 19.4 Å². The molecular weight excluding hydrogens is 338 g/mol. The highest BCUT2D eigenvalue weighted by molar-refractivity contribution is 7.16. The molecule has 24 heavy (non-hydrogen) atoms. The van der Waals surface area contributed by atoms with Gasteiger partial charge in [0.1, 0.15) is 5.75 Å². The van der Waals surface area contributed by atoms with E-state index in [0.717, 1.165) is 11.3 Å². The van der Waals surface area contributed by atoms with Crippen molar-refractivity contribution in [1.82, 2.24) is 0 Å². The number of nitro benzene ring substituents is 1. The van der Waals surface area contributed by atoms with Crippen LogP contribution in [0.25, 0.3) is 6.08 Å². The van der Waals surface area contributed by atoms with Crippen molar-refractivity contribution in [3.63, 3.8) is 0 Å². The first kappa shape index (κ1) is 17.1. The summed E-state index contributed by atoms with van der Waals surface area (Å²) >= 11 is 0.923. The second-order valence-electron chi connectivity index (χ2n) is 4.40. The van der Waals surface area contributed by atoms with Gasteiger partial charge in [0.2, 0.25) is 5.91 Å². The molecule has 1 aromatic carbocycles. The van der Waals surface area contributed by atoms with Gasteiger partial charge in [-0.2, -0.15) is 0 Å². The number of hydrogen-bond acceptors (Lipinski definition) is 7. The van der Waals surface area contributed by atoms with E-state index in [1.165, 1.54) is 49.6 Å². The van der Waals surface area contributed by atoms with Crippen molar-refractivity contribution in [2.24, 2.45) is 0 Å². The van der Waals surface area contributed by atoms with E-state index in [9.17, 15) is 25.0 Å². The van der Waals surface area contributed by atoms with Gasteiger partial charge in [-0.3, -0.25) is 25.0 Å². The average Bonchev–Trinajstić information content (AvgIpc) is 3.02. The maximum atomic E-state index is 11.9. The van der Waals surface area contributed by atoms with Crippen molar-refractivity contribution in [3.05, 3.63) is 61.5 Å². The molecule has 0 spiro atoms. The first-order valence-corrected chi connectivity index (χ1v) is 7.28. The van der Waals surface area contributed by atoms with Gasteiger partial charge in [0.05, 0.1) is 22.6 Å². The normalized spacial score (nSPS) is 10.5. The van der Waals surface area contributed by atoms with E-state index in [4.69, 9.17) is 4.74 Å². The number of non-ortho nitro benzene ring substituents is 1. The minimum atomic E-state index is -0.588. The number of methoxy groups -OCH3 is 1. The second kappa shape index (κ2) is 7.33. The van der Waals surface area contributed by atoms with Crippen LogP contribution < -0.4 is 10.1 Å². The maximum Gasteiger partial charge on any atom is 0.324 e. The molecule has 0 bridgehead atoms. The highest BCUT2D eigenvalue weighted by Crippen LogP contribution is 2.29. The van der Waals surface area contributed by atoms with Gasteiger partial charge in [-0.05, 0) is 18.2 Å². The molecule has 0 atom stereocenters. The number of rotatable bonds is 6. The fourth-order valence-electron chi connectivity index (χ4n) is 1.77. The van der Waals surface area contributed by atoms with Gasteiger partial charge >= 0.3 is 5.00 Å². The summed E-state index contributed by atoms with van der Waals surface area (Å²) < 4.78 is 5.04. The summed E-state index contributed by atoms with van der Waals surface area (Å²) in [6, 6.07) is 6.67. The molecule has 0 radical (unpaired) electrons. The molecular formula is C14H11N3O6S. The number of anilines is 1. The SMILES string of the molecule is COc1ccc([N+](=O)[O-])cc1NC(=O)C=Cc1ccc([N+](=O)[O-])s1. The maximum absolute atomic E-state index is 11.9. The molecule has 1 N–H and O–H groups in total. The molecule has 2 aromatic rings. The molecule has 0 aliphatic heterocycles. The number of nitrogens with zero attached hydrogens (tertiary/aromatic N) is 2. The highest BCUT2D eigenvalue weighted by atomic mass is 32.1. The zero-order chi connectivity index (χ0) is 17.7. The summed E-state index contributed by atoms with van der Waals surface area (Å²) in [4.78, 5) is 32.7. The Morgan fingerprint density at radius 2 is 1.96 bits per heavy atom. The van der Waals surface area contributed by atoms with Gasteiger partial charge in [-0.1, -0.05) is 11.3 Å². The van der Waals surface area contributed by atoms with E-state index in [1.54, 1.807) is 0 Å². The Kier molecular flexibility index (Phi) is 5.22. The summed E-state index contributed by atoms with van der Waals surface area (Å²) in [5.41, 5.74) is -0.0394. The Balaban J connectivity index is 2.13. The zero-order valence-electron chi connectivity index (χ0n) is 12.3. The molecule has 0 aliphatic carbocycles. The fourth-order valence-corrected chi connectivity index (χ4v) is 2.49. The number of thiophene rings is 1. The lowest BCUT2D eigenvalue weighted by Gasteiger charge is -2.08. The van der Waals surface area contributed by atoms with E-state index in [1.807, 2.05) is 0 Å². The Hall–Kier alpha value is -3.27. The predicted octanol–water partition coefficient (Wildman–Crippen LogP) is 3.23. The third-order valence-corrected chi connectivity index (χ3v) is 3.85. The smallest absolute Gasteiger partial charge is 0.324 e. The molecule has 1 heterocycles. The van der Waals surface area contributed by atoms with Crippen LogP contribution in [0.15, 0.2) is 36.4 Å². The number of nitrogens with one attached hydrogen (secondary N) is 1. The molecule has 0 aliphatic rings. The van der Waals surface area contributed by atoms with Crippen molar-refractivity contribution in [1.29, 1.82) is 0 Å². The van der Waals surface area contributed by atoms with Crippen LogP contribution in [0, 0.1) is 20.2 Å². The number of carbonyl (C=O) groups excluding carboxylic acids is 1. The molecule has 1 amide bonds. The quantitative estimate of drug-likeness (QED) is 0.485. The molecule has 2 rings (SSSR count). The molecule has 0 saturated heterocycles. The van der Waals surface area contributed by atoms with Crippen LogP contribution in [0.4, 0.5) is 16.4 Å². The van der Waals surface area contributed by atoms with Gasteiger partial charge in [0.25, 0.3) is 5.69 Å². The third kappa shape index (κ3) is 4.14. The van der Waals surface area contributed by atoms with Crippen molar-refractivity contribution >= 4 is 39.7 Å². The number of hydrogen-bond donors (Lipinski definition) is 1. The molecule has 9 nitrogen and oxygen atoms in total. The van der Waals surface area contributed by atoms with Gasteiger partial charge in [0.15, 0.2) is 0 Å². The molecule has 0 fully saturated rings. The van der Waals surface area contributed by atoms with Crippen LogP contribution in [0.5, 0.6) is 5.75 Å². The highest BCUT2D eigenvalue weighted by Gasteiger charge is 2.13.